The molecule has 0 N–H and O–H groups in total. The Kier molecular flexibility index (Phi) is 2.41. The van der Waals surface area contributed by atoms with Gasteiger partial charge in [-0.1, -0.05) is 0 Å². The van der Waals surface area contributed by atoms with Crippen molar-refractivity contribution in [3.05, 3.63) is 11.1 Å². The highest BCUT2D eigenvalue weighted by Crippen LogP contribution is 2.41. The first-order valence-corrected chi connectivity index (χ1v) is 6.60. The van der Waals surface area contributed by atoms with Crippen LogP contribution in [0, 0.1) is 0 Å². The van der Waals surface area contributed by atoms with Crippen LogP contribution < -0.4 is 4.90 Å². The molecule has 3 rings (SSSR count). The fourth-order valence-corrected chi connectivity index (χ4v) is 2.95. The molecule has 0 spiro atoms. The number of likely N-dealkylation sites (N-methyl/N-ethyl adjacent to an activating group) is 1. The van der Waals surface area contributed by atoms with Crippen LogP contribution in [0.3, 0.4) is 0 Å². The molecule has 3 nitrogen and oxygen atoms in total. The summed E-state index contributed by atoms with van der Waals surface area (Å²) in [5.41, 5.74) is 1.34. The van der Waals surface area contributed by atoms with Gasteiger partial charge in [-0.2, -0.15) is 0 Å². The molecule has 2 heterocycles. The van der Waals surface area contributed by atoms with Gasteiger partial charge in [0.15, 0.2) is 5.13 Å². The van der Waals surface area contributed by atoms with Crippen molar-refractivity contribution >= 4 is 16.5 Å². The lowest BCUT2D eigenvalue weighted by atomic mass is 10.3. The fourth-order valence-electron chi connectivity index (χ4n) is 1.99. The van der Waals surface area contributed by atoms with E-state index in [9.17, 15) is 0 Å². The van der Waals surface area contributed by atoms with E-state index in [2.05, 4.69) is 22.2 Å². The van der Waals surface area contributed by atoms with Crippen LogP contribution in [0.15, 0.2) is 5.38 Å². The summed E-state index contributed by atoms with van der Waals surface area (Å²) in [5.74, 6) is 0.794. The summed E-state index contributed by atoms with van der Waals surface area (Å²) in [6, 6.07) is 0. The Balaban J connectivity index is 1.69. The minimum Gasteiger partial charge on any atom is -0.346 e. The Morgan fingerprint density at radius 1 is 1.27 bits per heavy atom. The van der Waals surface area contributed by atoms with Crippen LogP contribution in [0.4, 0.5) is 5.13 Å². The summed E-state index contributed by atoms with van der Waals surface area (Å²) in [5, 5.41) is 3.50. The van der Waals surface area contributed by atoms with E-state index in [0.717, 1.165) is 19.0 Å². The van der Waals surface area contributed by atoms with Crippen molar-refractivity contribution in [1.82, 2.24) is 9.88 Å². The van der Waals surface area contributed by atoms with E-state index in [1.165, 1.54) is 36.8 Å². The van der Waals surface area contributed by atoms with E-state index in [1.807, 2.05) is 11.3 Å². The lowest BCUT2D eigenvalue weighted by Crippen LogP contribution is -2.44. The van der Waals surface area contributed by atoms with Crippen molar-refractivity contribution in [2.24, 2.45) is 0 Å². The molecule has 0 atom stereocenters. The molecule has 2 aliphatic rings. The van der Waals surface area contributed by atoms with Crippen molar-refractivity contribution in [2.75, 3.05) is 38.1 Å². The molecule has 15 heavy (non-hydrogen) atoms. The van der Waals surface area contributed by atoms with Gasteiger partial charge in [0.1, 0.15) is 0 Å². The molecule has 0 aromatic carbocycles. The molecule has 1 aromatic rings. The van der Waals surface area contributed by atoms with Gasteiger partial charge in [-0.15, -0.1) is 11.3 Å². The van der Waals surface area contributed by atoms with Gasteiger partial charge in [0, 0.05) is 37.5 Å². The molecule has 1 aromatic heterocycles. The van der Waals surface area contributed by atoms with Gasteiger partial charge < -0.3 is 9.80 Å². The highest BCUT2D eigenvalue weighted by molar-refractivity contribution is 7.13. The third kappa shape index (κ3) is 2.01. The van der Waals surface area contributed by atoms with Crippen LogP contribution >= 0.6 is 11.3 Å². The van der Waals surface area contributed by atoms with E-state index in [1.54, 1.807) is 0 Å². The van der Waals surface area contributed by atoms with E-state index >= 15 is 0 Å². The SMILES string of the molecule is CN1CCN(c2nc(C3CC3)cs2)CC1. The Morgan fingerprint density at radius 3 is 2.67 bits per heavy atom. The van der Waals surface area contributed by atoms with Crippen LogP contribution in [-0.2, 0) is 0 Å². The first-order valence-electron chi connectivity index (χ1n) is 5.72. The third-order valence-electron chi connectivity index (χ3n) is 3.28. The molecule has 1 saturated heterocycles. The summed E-state index contributed by atoms with van der Waals surface area (Å²) >= 11 is 1.82. The fraction of sp³-hybridized carbons (Fsp3) is 0.727. The summed E-state index contributed by atoms with van der Waals surface area (Å²) < 4.78 is 0. The van der Waals surface area contributed by atoms with Gasteiger partial charge >= 0.3 is 0 Å². The number of anilines is 1. The van der Waals surface area contributed by atoms with Gasteiger partial charge in [0.2, 0.25) is 0 Å². The van der Waals surface area contributed by atoms with Crippen molar-refractivity contribution in [2.45, 2.75) is 18.8 Å². The lowest BCUT2D eigenvalue weighted by molar-refractivity contribution is 0.312. The van der Waals surface area contributed by atoms with Crippen LogP contribution in [0.25, 0.3) is 0 Å². The van der Waals surface area contributed by atoms with Gasteiger partial charge in [-0.25, -0.2) is 4.98 Å². The van der Waals surface area contributed by atoms with E-state index in [4.69, 9.17) is 4.98 Å². The smallest absolute Gasteiger partial charge is 0.185 e. The molecule has 2 fully saturated rings. The Bertz CT molecular complexity index is 337. The zero-order valence-electron chi connectivity index (χ0n) is 9.15. The molecule has 4 heteroatoms. The zero-order chi connectivity index (χ0) is 10.3. The predicted molar refractivity (Wildman–Crippen MR) is 63.8 cm³/mol. The van der Waals surface area contributed by atoms with E-state index in [-0.39, 0.29) is 0 Å². The number of nitrogens with zero attached hydrogens (tertiary/aromatic N) is 3. The monoisotopic (exact) mass is 223 g/mol. The maximum Gasteiger partial charge on any atom is 0.185 e. The van der Waals surface area contributed by atoms with Crippen molar-refractivity contribution in [3.8, 4) is 0 Å². The molecule has 0 bridgehead atoms. The number of thiazole rings is 1. The minimum absolute atomic E-state index is 0.794. The summed E-state index contributed by atoms with van der Waals surface area (Å²) in [7, 11) is 2.19. The van der Waals surface area contributed by atoms with Crippen LogP contribution in [0.2, 0.25) is 0 Å². The number of rotatable bonds is 2. The number of hydrogen-bond donors (Lipinski definition) is 0. The molecular formula is C11H17N3S. The second-order valence-electron chi connectivity index (χ2n) is 4.62. The summed E-state index contributed by atoms with van der Waals surface area (Å²) in [4.78, 5) is 9.55. The number of aromatic nitrogens is 1. The Morgan fingerprint density at radius 2 is 2.00 bits per heavy atom. The topological polar surface area (TPSA) is 19.4 Å². The van der Waals surface area contributed by atoms with E-state index < -0.39 is 0 Å². The quantitative estimate of drug-likeness (QED) is 0.762. The van der Waals surface area contributed by atoms with Crippen molar-refractivity contribution in [1.29, 1.82) is 0 Å². The molecule has 1 aliphatic heterocycles. The van der Waals surface area contributed by atoms with Crippen LogP contribution in [0.5, 0.6) is 0 Å². The highest BCUT2D eigenvalue weighted by atomic mass is 32.1. The second-order valence-corrected chi connectivity index (χ2v) is 5.46. The van der Waals surface area contributed by atoms with Gasteiger partial charge in [0.25, 0.3) is 0 Å². The minimum atomic E-state index is 0.794. The molecule has 1 saturated carbocycles. The normalized spacial score (nSPS) is 23.4. The van der Waals surface area contributed by atoms with Crippen molar-refractivity contribution in [3.63, 3.8) is 0 Å². The number of hydrogen-bond acceptors (Lipinski definition) is 4. The van der Waals surface area contributed by atoms with Gasteiger partial charge in [0.05, 0.1) is 5.69 Å². The van der Waals surface area contributed by atoms with Crippen LogP contribution in [-0.4, -0.2) is 43.1 Å². The molecule has 1 aliphatic carbocycles. The maximum atomic E-state index is 4.75. The molecule has 0 unspecified atom stereocenters. The maximum absolute atomic E-state index is 4.75. The van der Waals surface area contributed by atoms with Crippen molar-refractivity contribution < 1.29 is 0 Å². The molecule has 0 radical (unpaired) electrons. The van der Waals surface area contributed by atoms with Gasteiger partial charge in [-0.3, -0.25) is 0 Å². The first-order chi connectivity index (χ1) is 7.33. The standard InChI is InChI=1S/C11H17N3S/c1-13-4-6-14(7-5-13)11-12-10(8-15-11)9-2-3-9/h8-9H,2-7H2,1H3. The Labute approximate surface area is 94.7 Å². The molecular weight excluding hydrogens is 206 g/mol. The average molecular weight is 223 g/mol. The average Bonchev–Trinajstić information content (AvgIpc) is 2.99. The second kappa shape index (κ2) is 3.76. The first kappa shape index (κ1) is 9.60. The molecule has 82 valence electrons. The third-order valence-corrected chi connectivity index (χ3v) is 4.20. The van der Waals surface area contributed by atoms with Gasteiger partial charge in [-0.05, 0) is 19.9 Å². The molecule has 0 amide bonds. The summed E-state index contributed by atoms with van der Waals surface area (Å²) in [6.07, 6.45) is 2.71. The summed E-state index contributed by atoms with van der Waals surface area (Å²) in [6.45, 7) is 4.60. The van der Waals surface area contributed by atoms with Crippen LogP contribution in [0.1, 0.15) is 24.5 Å². The number of piperazine rings is 1. The highest BCUT2D eigenvalue weighted by Gasteiger charge is 2.27. The van der Waals surface area contributed by atoms with E-state index in [0.29, 0.717) is 0 Å². The largest absolute Gasteiger partial charge is 0.346 e. The Hall–Kier alpha value is -0.610. The zero-order valence-corrected chi connectivity index (χ0v) is 9.96. The lowest BCUT2D eigenvalue weighted by Gasteiger charge is -2.32. The predicted octanol–water partition coefficient (Wildman–Crippen LogP) is 1.77.